The summed E-state index contributed by atoms with van der Waals surface area (Å²) in [4.78, 5) is 14.8. The normalized spacial score (nSPS) is 9.05. The summed E-state index contributed by atoms with van der Waals surface area (Å²) in [5, 5.41) is 8.73. The molecule has 21 heavy (non-hydrogen) atoms. The summed E-state index contributed by atoms with van der Waals surface area (Å²) in [5.74, 6) is 0.124. The number of rotatable bonds is 3. The molecule has 0 aliphatic rings. The second-order valence-electron chi connectivity index (χ2n) is 3.96. The number of hydrogen-bond donors (Lipinski definition) is 1. The molecule has 4 nitrogen and oxygen atoms in total. The van der Waals surface area contributed by atoms with Gasteiger partial charge in [-0.15, -0.1) is 0 Å². The fraction of sp³-hybridized carbons (Fsp3) is 0.412. The van der Waals surface area contributed by atoms with Gasteiger partial charge >= 0.3 is 5.97 Å². The van der Waals surface area contributed by atoms with Crippen molar-refractivity contribution in [2.75, 3.05) is 0 Å². The molecule has 0 atom stereocenters. The Kier molecular flexibility index (Phi) is 8.77. The van der Waals surface area contributed by atoms with Crippen molar-refractivity contribution in [3.63, 3.8) is 0 Å². The van der Waals surface area contributed by atoms with Crippen molar-refractivity contribution in [1.82, 2.24) is 4.98 Å². The SMILES string of the molecule is CC.CC.Cc1ccc(-c2nc(CC(=O)O)c(C)o2)cc1. The van der Waals surface area contributed by atoms with Crippen LogP contribution < -0.4 is 0 Å². The standard InChI is InChI=1S/C13H13NO3.2C2H6/c1-8-3-5-10(6-4-8)13-14-11(7-12(15)16)9(2)17-13;2*1-2/h3-6H,7H2,1-2H3,(H,15,16);2*1-2H3. The number of hydrogen-bond acceptors (Lipinski definition) is 3. The lowest BCUT2D eigenvalue weighted by Gasteiger charge is -1.95. The van der Waals surface area contributed by atoms with E-state index in [-0.39, 0.29) is 6.42 Å². The van der Waals surface area contributed by atoms with Crippen LogP contribution in [0.4, 0.5) is 0 Å². The van der Waals surface area contributed by atoms with E-state index in [1.807, 2.05) is 58.9 Å². The van der Waals surface area contributed by atoms with Crippen molar-refractivity contribution in [2.45, 2.75) is 48.0 Å². The third-order valence-electron chi connectivity index (χ3n) is 2.51. The number of oxazole rings is 1. The molecule has 0 aliphatic carbocycles. The maximum atomic E-state index is 10.6. The average molecular weight is 291 g/mol. The van der Waals surface area contributed by atoms with Crippen LogP contribution in [0.15, 0.2) is 28.7 Å². The Morgan fingerprint density at radius 3 is 2.10 bits per heavy atom. The van der Waals surface area contributed by atoms with Gasteiger partial charge in [0.05, 0.1) is 12.1 Å². The minimum absolute atomic E-state index is 0.110. The third-order valence-corrected chi connectivity index (χ3v) is 2.51. The van der Waals surface area contributed by atoms with Crippen LogP contribution in [0.3, 0.4) is 0 Å². The first-order valence-electron chi connectivity index (χ1n) is 7.31. The van der Waals surface area contributed by atoms with Gasteiger partial charge < -0.3 is 9.52 Å². The predicted molar refractivity (Wildman–Crippen MR) is 85.4 cm³/mol. The van der Waals surface area contributed by atoms with Gasteiger partial charge in [0.1, 0.15) is 5.76 Å². The van der Waals surface area contributed by atoms with Crippen molar-refractivity contribution in [1.29, 1.82) is 0 Å². The van der Waals surface area contributed by atoms with E-state index in [4.69, 9.17) is 9.52 Å². The van der Waals surface area contributed by atoms with E-state index in [1.165, 1.54) is 0 Å². The predicted octanol–water partition coefficient (Wildman–Crippen LogP) is 4.64. The summed E-state index contributed by atoms with van der Waals surface area (Å²) in [6, 6.07) is 7.74. The van der Waals surface area contributed by atoms with E-state index in [0.29, 0.717) is 17.3 Å². The first kappa shape index (κ1) is 18.9. The summed E-state index contributed by atoms with van der Waals surface area (Å²) in [6.45, 7) is 11.7. The lowest BCUT2D eigenvalue weighted by atomic mass is 10.1. The maximum Gasteiger partial charge on any atom is 0.309 e. The third kappa shape index (κ3) is 5.81. The van der Waals surface area contributed by atoms with Crippen LogP contribution in [0.25, 0.3) is 11.5 Å². The Bertz CT molecular complexity index is 542. The quantitative estimate of drug-likeness (QED) is 0.895. The number of carboxylic acids is 1. The van der Waals surface area contributed by atoms with Gasteiger partial charge in [-0.3, -0.25) is 4.79 Å². The smallest absolute Gasteiger partial charge is 0.309 e. The molecule has 0 saturated carbocycles. The first-order chi connectivity index (χ1) is 10.1. The largest absolute Gasteiger partial charge is 0.481 e. The molecule has 1 heterocycles. The molecule has 1 N–H and O–H groups in total. The van der Waals surface area contributed by atoms with Crippen molar-refractivity contribution in [2.24, 2.45) is 0 Å². The molecule has 2 aromatic rings. The number of benzene rings is 1. The van der Waals surface area contributed by atoms with Crippen LogP contribution >= 0.6 is 0 Å². The molecule has 0 fully saturated rings. The summed E-state index contributed by atoms with van der Waals surface area (Å²) in [7, 11) is 0. The molecule has 116 valence electrons. The first-order valence-corrected chi connectivity index (χ1v) is 7.31. The highest BCUT2D eigenvalue weighted by molar-refractivity contribution is 5.70. The molecule has 1 aromatic carbocycles. The zero-order valence-corrected chi connectivity index (χ0v) is 13.7. The number of aliphatic carboxylic acids is 1. The topological polar surface area (TPSA) is 63.3 Å². The van der Waals surface area contributed by atoms with Crippen LogP contribution in [0, 0.1) is 13.8 Å². The molecule has 0 radical (unpaired) electrons. The number of nitrogens with zero attached hydrogens (tertiary/aromatic N) is 1. The zero-order valence-electron chi connectivity index (χ0n) is 13.7. The summed E-state index contributed by atoms with van der Waals surface area (Å²) in [5.41, 5.74) is 2.49. The van der Waals surface area contributed by atoms with E-state index < -0.39 is 5.97 Å². The molecule has 1 aromatic heterocycles. The Morgan fingerprint density at radius 1 is 1.10 bits per heavy atom. The molecule has 0 spiro atoms. The van der Waals surface area contributed by atoms with Crippen molar-refractivity contribution >= 4 is 5.97 Å². The molecule has 4 heteroatoms. The minimum Gasteiger partial charge on any atom is -0.481 e. The highest BCUT2D eigenvalue weighted by Gasteiger charge is 2.13. The number of aryl methyl sites for hydroxylation is 2. The maximum absolute atomic E-state index is 10.6. The van der Waals surface area contributed by atoms with Crippen LogP contribution in [-0.2, 0) is 11.2 Å². The monoisotopic (exact) mass is 291 g/mol. The van der Waals surface area contributed by atoms with Gasteiger partial charge in [-0.2, -0.15) is 0 Å². The minimum atomic E-state index is -0.906. The zero-order chi connectivity index (χ0) is 16.4. The second kappa shape index (κ2) is 9.75. The van der Waals surface area contributed by atoms with E-state index >= 15 is 0 Å². The molecular weight excluding hydrogens is 266 g/mol. The van der Waals surface area contributed by atoms with Crippen LogP contribution in [0.1, 0.15) is 44.7 Å². The van der Waals surface area contributed by atoms with Crippen molar-refractivity contribution < 1.29 is 14.3 Å². The van der Waals surface area contributed by atoms with Gasteiger partial charge in [-0.1, -0.05) is 45.4 Å². The Labute approximate surface area is 126 Å². The van der Waals surface area contributed by atoms with Gasteiger partial charge in [0.2, 0.25) is 5.89 Å². The lowest BCUT2D eigenvalue weighted by molar-refractivity contribution is -0.136. The van der Waals surface area contributed by atoms with E-state index in [0.717, 1.165) is 11.1 Å². The van der Waals surface area contributed by atoms with Crippen LogP contribution in [0.5, 0.6) is 0 Å². The van der Waals surface area contributed by atoms with E-state index in [9.17, 15) is 4.79 Å². The Balaban J connectivity index is 0.000000921. The van der Waals surface area contributed by atoms with Gasteiger partial charge in [0, 0.05) is 5.56 Å². The molecule has 0 aliphatic heterocycles. The van der Waals surface area contributed by atoms with Crippen LogP contribution in [-0.4, -0.2) is 16.1 Å². The number of carbonyl (C=O) groups is 1. The Morgan fingerprint density at radius 2 is 1.62 bits per heavy atom. The van der Waals surface area contributed by atoms with Gasteiger partial charge in [0.15, 0.2) is 0 Å². The number of carboxylic acid groups (broad SMARTS) is 1. The highest BCUT2D eigenvalue weighted by Crippen LogP contribution is 2.22. The van der Waals surface area contributed by atoms with E-state index in [2.05, 4.69) is 4.98 Å². The van der Waals surface area contributed by atoms with Gasteiger partial charge in [-0.05, 0) is 26.0 Å². The highest BCUT2D eigenvalue weighted by atomic mass is 16.4. The summed E-state index contributed by atoms with van der Waals surface area (Å²) in [6.07, 6.45) is -0.110. The molecule has 0 amide bonds. The Hall–Kier alpha value is -2.10. The van der Waals surface area contributed by atoms with Crippen LogP contribution in [0.2, 0.25) is 0 Å². The molecule has 0 bridgehead atoms. The fourth-order valence-electron chi connectivity index (χ4n) is 1.55. The average Bonchev–Trinajstić information content (AvgIpc) is 2.84. The van der Waals surface area contributed by atoms with Crippen molar-refractivity contribution in [3.05, 3.63) is 41.3 Å². The van der Waals surface area contributed by atoms with Gasteiger partial charge in [-0.25, -0.2) is 4.98 Å². The van der Waals surface area contributed by atoms with E-state index in [1.54, 1.807) is 6.92 Å². The molecule has 0 unspecified atom stereocenters. The summed E-state index contributed by atoms with van der Waals surface area (Å²) < 4.78 is 5.47. The van der Waals surface area contributed by atoms with Gasteiger partial charge in [0.25, 0.3) is 0 Å². The number of aromatic nitrogens is 1. The molecule has 2 rings (SSSR count). The lowest BCUT2D eigenvalue weighted by Crippen LogP contribution is -2.01. The molecular formula is C17H25NO3. The van der Waals surface area contributed by atoms with Crippen molar-refractivity contribution in [3.8, 4) is 11.5 Å². The molecule has 0 saturated heterocycles. The fourth-order valence-corrected chi connectivity index (χ4v) is 1.55. The summed E-state index contributed by atoms with van der Waals surface area (Å²) >= 11 is 0. The second-order valence-corrected chi connectivity index (χ2v) is 3.96.